The molecule has 0 aromatic carbocycles. The molecular weight excluding hydrogens is 160 g/mol. The van der Waals surface area contributed by atoms with Gasteiger partial charge in [-0.1, -0.05) is 0 Å². The molecule has 0 aliphatic carbocycles. The van der Waals surface area contributed by atoms with Crippen molar-refractivity contribution >= 4 is 5.97 Å². The number of nitrogens with two attached hydrogens (primary N) is 1. The van der Waals surface area contributed by atoms with Gasteiger partial charge in [-0.3, -0.25) is 4.79 Å². The highest BCUT2D eigenvalue weighted by Crippen LogP contribution is 2.09. The molecular formula is C7H12N2O3. The van der Waals surface area contributed by atoms with Gasteiger partial charge in [-0.05, 0) is 0 Å². The van der Waals surface area contributed by atoms with Crippen molar-refractivity contribution in [2.24, 2.45) is 5.73 Å². The van der Waals surface area contributed by atoms with E-state index in [1.807, 2.05) is 0 Å². The molecule has 0 amide bonds. The summed E-state index contributed by atoms with van der Waals surface area (Å²) in [6.45, 7) is 0.392. The fourth-order valence-corrected chi connectivity index (χ4v) is 0.941. The molecule has 0 aromatic rings. The Hall–Kier alpha value is -1.23. The van der Waals surface area contributed by atoms with Gasteiger partial charge in [0, 0.05) is 13.0 Å². The molecule has 0 saturated heterocycles. The predicted octanol–water partition coefficient (Wildman–Crippen LogP) is -0.403. The number of carboxylic acid groups (broad SMARTS) is 1. The van der Waals surface area contributed by atoms with Crippen molar-refractivity contribution < 1.29 is 14.6 Å². The fourth-order valence-electron chi connectivity index (χ4n) is 0.941. The highest BCUT2D eigenvalue weighted by Gasteiger charge is 2.16. The zero-order valence-corrected chi connectivity index (χ0v) is 6.62. The first kappa shape index (κ1) is 8.86. The Bertz CT molecular complexity index is 203. The second-order valence-electron chi connectivity index (χ2n) is 2.55. The summed E-state index contributed by atoms with van der Waals surface area (Å²) in [6, 6.07) is 0. The van der Waals surface area contributed by atoms with Crippen LogP contribution in [-0.2, 0) is 9.53 Å². The van der Waals surface area contributed by atoms with Gasteiger partial charge in [0.2, 0.25) is 0 Å². The van der Waals surface area contributed by atoms with Gasteiger partial charge in [0.05, 0.1) is 12.1 Å². The van der Waals surface area contributed by atoms with Gasteiger partial charge >= 0.3 is 5.97 Å². The molecule has 68 valence electrons. The maximum absolute atomic E-state index is 10.2. The Morgan fingerprint density at radius 3 is 3.08 bits per heavy atom. The smallest absolute Gasteiger partial charge is 0.303 e. The van der Waals surface area contributed by atoms with Crippen LogP contribution >= 0.6 is 0 Å². The minimum atomic E-state index is -0.818. The summed E-state index contributed by atoms with van der Waals surface area (Å²) >= 11 is 0. The molecule has 0 spiro atoms. The standard InChI is InChI=1S/C7H12N2O3/c8-3-5-4-12-6(9-5)1-2-7(10)11/h4,6,9H,1-3,8H2,(H,10,11). The molecule has 1 rings (SSSR count). The summed E-state index contributed by atoms with van der Waals surface area (Å²) in [7, 11) is 0. The van der Waals surface area contributed by atoms with Crippen LogP contribution in [0.15, 0.2) is 12.0 Å². The average Bonchev–Trinajstić information content (AvgIpc) is 2.48. The number of carboxylic acids is 1. The molecule has 1 aliphatic heterocycles. The van der Waals surface area contributed by atoms with Crippen LogP contribution in [-0.4, -0.2) is 23.8 Å². The highest BCUT2D eigenvalue weighted by atomic mass is 16.5. The first-order valence-corrected chi connectivity index (χ1v) is 3.75. The molecule has 1 unspecified atom stereocenters. The number of aliphatic carboxylic acids is 1. The van der Waals surface area contributed by atoms with Crippen LogP contribution in [0.4, 0.5) is 0 Å². The van der Waals surface area contributed by atoms with Crippen LogP contribution in [0, 0.1) is 0 Å². The second-order valence-corrected chi connectivity index (χ2v) is 2.55. The van der Waals surface area contributed by atoms with Crippen LogP contribution in [0.25, 0.3) is 0 Å². The zero-order valence-electron chi connectivity index (χ0n) is 6.62. The quantitative estimate of drug-likeness (QED) is 0.537. The zero-order chi connectivity index (χ0) is 8.97. The predicted molar refractivity (Wildman–Crippen MR) is 42.0 cm³/mol. The van der Waals surface area contributed by atoms with Crippen molar-refractivity contribution in [3.8, 4) is 0 Å². The average molecular weight is 172 g/mol. The summed E-state index contributed by atoms with van der Waals surface area (Å²) in [5, 5.41) is 11.3. The molecule has 12 heavy (non-hydrogen) atoms. The number of nitrogens with one attached hydrogen (secondary N) is 1. The van der Waals surface area contributed by atoms with Gasteiger partial charge in [0.1, 0.15) is 6.26 Å². The first-order chi connectivity index (χ1) is 5.72. The topological polar surface area (TPSA) is 84.6 Å². The van der Waals surface area contributed by atoms with Crippen molar-refractivity contribution in [1.29, 1.82) is 0 Å². The molecule has 0 saturated carbocycles. The summed E-state index contributed by atoms with van der Waals surface area (Å²) in [6.07, 6.45) is 1.87. The Morgan fingerprint density at radius 2 is 2.58 bits per heavy atom. The highest BCUT2D eigenvalue weighted by molar-refractivity contribution is 5.66. The molecule has 1 aliphatic rings. The molecule has 0 bridgehead atoms. The molecule has 5 heteroatoms. The number of hydrogen-bond donors (Lipinski definition) is 3. The van der Waals surface area contributed by atoms with E-state index in [1.165, 1.54) is 6.26 Å². The van der Waals surface area contributed by atoms with Gasteiger partial charge in [-0.15, -0.1) is 0 Å². The van der Waals surface area contributed by atoms with Gasteiger partial charge in [0.15, 0.2) is 6.23 Å². The van der Waals surface area contributed by atoms with Crippen LogP contribution in [0.3, 0.4) is 0 Å². The van der Waals surface area contributed by atoms with Crippen molar-refractivity contribution in [3.05, 3.63) is 12.0 Å². The molecule has 1 atom stereocenters. The molecule has 0 radical (unpaired) electrons. The van der Waals surface area contributed by atoms with E-state index in [9.17, 15) is 4.79 Å². The Labute approximate surface area is 70.2 Å². The van der Waals surface area contributed by atoms with E-state index < -0.39 is 5.97 Å². The minimum Gasteiger partial charge on any atom is -0.481 e. The van der Waals surface area contributed by atoms with Gasteiger partial charge < -0.3 is 20.9 Å². The van der Waals surface area contributed by atoms with E-state index in [1.54, 1.807) is 0 Å². The largest absolute Gasteiger partial charge is 0.481 e. The Kier molecular flexibility index (Phi) is 2.93. The lowest BCUT2D eigenvalue weighted by atomic mass is 10.3. The maximum Gasteiger partial charge on any atom is 0.303 e. The van der Waals surface area contributed by atoms with E-state index in [0.29, 0.717) is 13.0 Å². The second kappa shape index (κ2) is 3.96. The third kappa shape index (κ3) is 2.43. The fraction of sp³-hybridized carbons (Fsp3) is 0.571. The Balaban J connectivity index is 2.18. The number of carbonyl (C=O) groups is 1. The third-order valence-electron chi connectivity index (χ3n) is 1.56. The van der Waals surface area contributed by atoms with Crippen molar-refractivity contribution in [1.82, 2.24) is 5.32 Å². The summed E-state index contributed by atoms with van der Waals surface area (Å²) < 4.78 is 5.09. The SMILES string of the molecule is NCC1=COC(CCC(=O)O)N1. The summed E-state index contributed by atoms with van der Waals surface area (Å²) in [5.74, 6) is -0.818. The van der Waals surface area contributed by atoms with E-state index in [2.05, 4.69) is 5.32 Å². The van der Waals surface area contributed by atoms with Gasteiger partial charge in [-0.25, -0.2) is 0 Å². The monoisotopic (exact) mass is 172 g/mol. The van der Waals surface area contributed by atoms with E-state index in [-0.39, 0.29) is 12.6 Å². The molecule has 0 fully saturated rings. The lowest BCUT2D eigenvalue weighted by molar-refractivity contribution is -0.137. The van der Waals surface area contributed by atoms with Crippen LogP contribution in [0.5, 0.6) is 0 Å². The van der Waals surface area contributed by atoms with E-state index in [0.717, 1.165) is 5.70 Å². The summed E-state index contributed by atoms with van der Waals surface area (Å²) in [4.78, 5) is 10.2. The summed E-state index contributed by atoms with van der Waals surface area (Å²) in [5.41, 5.74) is 6.14. The van der Waals surface area contributed by atoms with E-state index in [4.69, 9.17) is 15.6 Å². The maximum atomic E-state index is 10.2. The van der Waals surface area contributed by atoms with Crippen LogP contribution in [0.2, 0.25) is 0 Å². The molecule has 1 heterocycles. The number of rotatable bonds is 4. The Morgan fingerprint density at radius 1 is 1.83 bits per heavy atom. The van der Waals surface area contributed by atoms with Crippen molar-refractivity contribution in [3.63, 3.8) is 0 Å². The minimum absolute atomic E-state index is 0.101. The van der Waals surface area contributed by atoms with Crippen molar-refractivity contribution in [2.75, 3.05) is 6.54 Å². The van der Waals surface area contributed by atoms with Crippen LogP contribution in [0.1, 0.15) is 12.8 Å². The number of ether oxygens (including phenoxy) is 1. The number of hydrogen-bond acceptors (Lipinski definition) is 4. The van der Waals surface area contributed by atoms with E-state index >= 15 is 0 Å². The first-order valence-electron chi connectivity index (χ1n) is 3.75. The van der Waals surface area contributed by atoms with Gasteiger partial charge in [0.25, 0.3) is 0 Å². The van der Waals surface area contributed by atoms with Gasteiger partial charge in [-0.2, -0.15) is 0 Å². The molecule has 4 N–H and O–H groups in total. The lowest BCUT2D eigenvalue weighted by Crippen LogP contribution is -2.27. The normalized spacial score (nSPS) is 21.1. The van der Waals surface area contributed by atoms with Crippen LogP contribution < -0.4 is 11.1 Å². The molecule has 5 nitrogen and oxygen atoms in total. The van der Waals surface area contributed by atoms with Crippen molar-refractivity contribution in [2.45, 2.75) is 19.1 Å². The third-order valence-corrected chi connectivity index (χ3v) is 1.56. The lowest BCUT2D eigenvalue weighted by Gasteiger charge is -2.10. The molecule has 0 aromatic heterocycles.